The lowest BCUT2D eigenvalue weighted by Gasteiger charge is -2.12. The second-order valence-electron chi connectivity index (χ2n) is 8.06. The predicted molar refractivity (Wildman–Crippen MR) is 130 cm³/mol. The number of hydrogen-bond acceptors (Lipinski definition) is 4. The Hall–Kier alpha value is -3.38. The molecule has 0 saturated heterocycles. The molecule has 0 radical (unpaired) electrons. The highest BCUT2D eigenvalue weighted by Gasteiger charge is 2.25. The van der Waals surface area contributed by atoms with E-state index in [1.807, 2.05) is 68.5 Å². The number of carbonyl (C=O) groups is 2. The number of benzene rings is 2. The van der Waals surface area contributed by atoms with Crippen molar-refractivity contribution in [2.24, 2.45) is 5.92 Å². The number of hydrogen-bond donors (Lipinski definition) is 3. The van der Waals surface area contributed by atoms with Crippen LogP contribution in [0.2, 0.25) is 0 Å². The van der Waals surface area contributed by atoms with Crippen LogP contribution in [-0.2, 0) is 9.59 Å². The van der Waals surface area contributed by atoms with Crippen LogP contribution in [0.5, 0.6) is 5.75 Å². The average Bonchev–Trinajstić information content (AvgIpc) is 3.78. The molecule has 2 amide bonds. The maximum absolute atomic E-state index is 13.0. The largest absolute Gasteiger partial charge is 0.493 e. The van der Waals surface area contributed by atoms with Gasteiger partial charge in [0.15, 0.2) is 0 Å². The second-order valence-corrected chi connectivity index (χ2v) is 8.06. The van der Waals surface area contributed by atoms with Gasteiger partial charge in [0, 0.05) is 17.7 Å². The van der Waals surface area contributed by atoms with Crippen molar-refractivity contribution in [3.8, 4) is 5.75 Å². The first-order chi connectivity index (χ1) is 16.1. The highest BCUT2D eigenvalue weighted by molar-refractivity contribution is 6.24. The van der Waals surface area contributed by atoms with Gasteiger partial charge in [-0.15, -0.1) is 0 Å². The molecule has 2 aromatic rings. The van der Waals surface area contributed by atoms with Crippen LogP contribution in [0.3, 0.4) is 0 Å². The van der Waals surface area contributed by atoms with Crippen molar-refractivity contribution < 1.29 is 19.5 Å². The van der Waals surface area contributed by atoms with E-state index in [2.05, 4.69) is 5.32 Å². The van der Waals surface area contributed by atoms with E-state index < -0.39 is 5.91 Å². The topological polar surface area (TPSA) is 87.7 Å². The van der Waals surface area contributed by atoms with E-state index in [1.165, 1.54) is 18.9 Å². The standard InChI is InChI=1S/C25H26N2O4.C2H6/c28-24(27-30)13-10-17-4-6-18(7-5-17)14-23(25(29)26-21-11-12-21)20-2-1-3-22(15-20)31-16-19-8-9-19;1-2/h1-7,10,13-15,19,21,30H,8-9,11-12,16H2,(H,26,29)(H,27,28);1-2H3/b13-10+,23-14+;. The van der Waals surface area contributed by atoms with Crippen molar-refractivity contribution in [3.05, 3.63) is 71.3 Å². The molecule has 3 N–H and O–H groups in total. The van der Waals surface area contributed by atoms with Crippen molar-refractivity contribution in [2.75, 3.05) is 6.61 Å². The summed E-state index contributed by atoms with van der Waals surface area (Å²) in [5.41, 5.74) is 4.64. The molecule has 2 aliphatic rings. The summed E-state index contributed by atoms with van der Waals surface area (Å²) in [5, 5.41) is 11.6. The zero-order valence-electron chi connectivity index (χ0n) is 19.2. The van der Waals surface area contributed by atoms with E-state index in [4.69, 9.17) is 9.94 Å². The van der Waals surface area contributed by atoms with E-state index in [-0.39, 0.29) is 11.9 Å². The minimum absolute atomic E-state index is 0.0922. The quantitative estimate of drug-likeness (QED) is 0.222. The third kappa shape index (κ3) is 7.91. The average molecular weight is 449 g/mol. The number of nitrogens with one attached hydrogen (secondary N) is 2. The van der Waals surface area contributed by atoms with Crippen LogP contribution < -0.4 is 15.5 Å². The molecular weight excluding hydrogens is 416 g/mol. The molecule has 2 aromatic carbocycles. The SMILES string of the molecule is CC.O=C(/C=C/c1ccc(/C=C(/C(=O)NC2CC2)c2cccc(OCC3CC3)c2)cc1)NO. The number of ether oxygens (including phenoxy) is 1. The molecular formula is C27H32N2O4. The molecule has 174 valence electrons. The Morgan fingerprint density at radius 2 is 1.73 bits per heavy atom. The van der Waals surface area contributed by atoms with Crippen LogP contribution in [0.1, 0.15) is 56.2 Å². The lowest BCUT2D eigenvalue weighted by atomic mass is 10.0. The van der Waals surface area contributed by atoms with Gasteiger partial charge in [-0.2, -0.15) is 0 Å². The molecule has 2 aliphatic carbocycles. The maximum Gasteiger partial charge on any atom is 0.267 e. The number of rotatable bonds is 9. The lowest BCUT2D eigenvalue weighted by Crippen LogP contribution is -2.26. The van der Waals surface area contributed by atoms with Gasteiger partial charge in [0.05, 0.1) is 6.61 Å². The summed E-state index contributed by atoms with van der Waals surface area (Å²) >= 11 is 0. The Balaban J connectivity index is 0.00000149. The number of hydroxylamine groups is 1. The van der Waals surface area contributed by atoms with Crippen LogP contribution in [0.25, 0.3) is 17.7 Å². The van der Waals surface area contributed by atoms with Crippen LogP contribution in [0, 0.1) is 5.92 Å². The molecule has 0 heterocycles. The summed E-state index contributed by atoms with van der Waals surface area (Å²) in [6, 6.07) is 15.4. The summed E-state index contributed by atoms with van der Waals surface area (Å²) in [4.78, 5) is 24.1. The predicted octanol–water partition coefficient (Wildman–Crippen LogP) is 4.84. The van der Waals surface area contributed by atoms with Crippen molar-refractivity contribution in [3.63, 3.8) is 0 Å². The summed E-state index contributed by atoms with van der Waals surface area (Å²) < 4.78 is 5.90. The third-order valence-corrected chi connectivity index (χ3v) is 5.27. The summed E-state index contributed by atoms with van der Waals surface area (Å²) in [5.74, 6) is 0.752. The van der Waals surface area contributed by atoms with Gasteiger partial charge < -0.3 is 10.1 Å². The molecule has 0 atom stereocenters. The van der Waals surface area contributed by atoms with Crippen LogP contribution in [-0.4, -0.2) is 29.7 Å². The smallest absolute Gasteiger partial charge is 0.267 e. The van der Waals surface area contributed by atoms with Crippen LogP contribution >= 0.6 is 0 Å². The number of amides is 2. The molecule has 2 saturated carbocycles. The third-order valence-electron chi connectivity index (χ3n) is 5.27. The Morgan fingerprint density at radius 1 is 1.03 bits per heavy atom. The minimum Gasteiger partial charge on any atom is -0.493 e. The normalized spacial score (nSPS) is 15.4. The van der Waals surface area contributed by atoms with Crippen molar-refractivity contribution in [1.29, 1.82) is 0 Å². The Labute approximate surface area is 195 Å². The lowest BCUT2D eigenvalue weighted by molar-refractivity contribution is -0.124. The van der Waals surface area contributed by atoms with E-state index >= 15 is 0 Å². The fourth-order valence-corrected chi connectivity index (χ4v) is 3.10. The molecule has 33 heavy (non-hydrogen) atoms. The van der Waals surface area contributed by atoms with Gasteiger partial charge in [0.1, 0.15) is 5.75 Å². The van der Waals surface area contributed by atoms with Gasteiger partial charge in [-0.1, -0.05) is 50.2 Å². The van der Waals surface area contributed by atoms with Crippen molar-refractivity contribution in [2.45, 2.75) is 45.6 Å². The molecule has 6 nitrogen and oxygen atoms in total. The summed E-state index contributed by atoms with van der Waals surface area (Å²) in [6.45, 7) is 4.72. The molecule has 0 spiro atoms. The molecule has 2 fully saturated rings. The van der Waals surface area contributed by atoms with Crippen molar-refractivity contribution >= 4 is 29.5 Å². The fourth-order valence-electron chi connectivity index (χ4n) is 3.10. The Kier molecular flexibility index (Phi) is 8.84. The number of carbonyl (C=O) groups excluding carboxylic acids is 2. The van der Waals surface area contributed by atoms with E-state index in [0.29, 0.717) is 11.5 Å². The first-order valence-corrected chi connectivity index (χ1v) is 11.6. The maximum atomic E-state index is 13.0. The summed E-state index contributed by atoms with van der Waals surface area (Å²) in [6.07, 6.45) is 9.20. The first kappa shape index (κ1) is 24.3. The molecule has 0 aliphatic heterocycles. The second kappa shape index (κ2) is 12.0. The first-order valence-electron chi connectivity index (χ1n) is 11.6. The minimum atomic E-state index is -0.591. The fraction of sp³-hybridized carbons (Fsp3) is 0.333. The molecule has 0 aromatic heterocycles. The zero-order chi connectivity index (χ0) is 23.6. The van der Waals surface area contributed by atoms with Gasteiger partial charge in [-0.05, 0) is 72.6 Å². The van der Waals surface area contributed by atoms with Crippen LogP contribution in [0.15, 0.2) is 54.6 Å². The van der Waals surface area contributed by atoms with Crippen molar-refractivity contribution in [1.82, 2.24) is 10.8 Å². The van der Waals surface area contributed by atoms with Gasteiger partial charge in [-0.25, -0.2) is 5.48 Å². The highest BCUT2D eigenvalue weighted by Crippen LogP contribution is 2.30. The van der Waals surface area contributed by atoms with Crippen LogP contribution in [0.4, 0.5) is 0 Å². The summed E-state index contributed by atoms with van der Waals surface area (Å²) in [7, 11) is 0. The molecule has 6 heteroatoms. The Morgan fingerprint density at radius 3 is 2.36 bits per heavy atom. The van der Waals surface area contributed by atoms with Gasteiger partial charge >= 0.3 is 0 Å². The van der Waals surface area contributed by atoms with Gasteiger partial charge in [0.2, 0.25) is 0 Å². The monoisotopic (exact) mass is 448 g/mol. The Bertz CT molecular complexity index is 1000. The molecule has 4 rings (SSSR count). The van der Waals surface area contributed by atoms with Gasteiger partial charge in [0.25, 0.3) is 11.8 Å². The van der Waals surface area contributed by atoms with Gasteiger partial charge in [-0.3, -0.25) is 14.8 Å². The zero-order valence-corrected chi connectivity index (χ0v) is 19.2. The van der Waals surface area contributed by atoms with E-state index in [1.54, 1.807) is 11.6 Å². The highest BCUT2D eigenvalue weighted by atomic mass is 16.5. The van der Waals surface area contributed by atoms with E-state index in [9.17, 15) is 9.59 Å². The molecule has 0 bridgehead atoms. The van der Waals surface area contributed by atoms with E-state index in [0.717, 1.165) is 41.9 Å². The molecule has 0 unspecified atom stereocenters.